The van der Waals surface area contributed by atoms with Gasteiger partial charge in [-0.3, -0.25) is 46.1 Å². The van der Waals surface area contributed by atoms with Crippen LogP contribution in [0, 0.1) is 0 Å². The third kappa shape index (κ3) is 9.88. The molecule has 0 spiro atoms. The number of nitrogens with two attached hydrogens (primary N) is 3. The number of fused-ring (bicyclic) bond motifs is 2. The second-order valence-corrected chi connectivity index (χ2v) is 18.1. The molecule has 3 aliphatic heterocycles. The van der Waals surface area contributed by atoms with E-state index in [2.05, 4.69) is 34.9 Å². The first-order valence-corrected chi connectivity index (χ1v) is 22.9. The molecule has 0 amide bonds. The highest BCUT2D eigenvalue weighted by Gasteiger charge is 2.47. The maximum Gasteiger partial charge on any atom is 0.472 e. The van der Waals surface area contributed by atoms with Crippen LogP contribution in [0.5, 0.6) is 0 Å². The maximum absolute atomic E-state index is 13.5. The molecule has 3 aliphatic rings. The van der Waals surface area contributed by atoms with E-state index in [1.165, 1.54) is 34.1 Å². The second kappa shape index (κ2) is 17.4. The van der Waals surface area contributed by atoms with Crippen molar-refractivity contribution >= 4 is 63.4 Å². The van der Waals surface area contributed by atoms with Crippen molar-refractivity contribution in [2.24, 2.45) is 0 Å². The van der Waals surface area contributed by atoms with Crippen LogP contribution in [0.15, 0.2) is 40.8 Å². The van der Waals surface area contributed by atoms with Gasteiger partial charge in [-0.15, -0.1) is 0 Å². The second-order valence-electron chi connectivity index (χ2n) is 14.1. The summed E-state index contributed by atoms with van der Waals surface area (Å²) in [5.41, 5.74) is 16.0. The normalized spacial score (nSPS) is 28.5. The van der Waals surface area contributed by atoms with E-state index in [9.17, 15) is 48.0 Å². The van der Waals surface area contributed by atoms with Crippen molar-refractivity contribution < 1.29 is 75.2 Å². The molecule has 0 bridgehead atoms. The fourth-order valence-electron chi connectivity index (χ4n) is 7.20. The highest BCUT2D eigenvalue weighted by molar-refractivity contribution is 7.47. The third-order valence-corrected chi connectivity index (χ3v) is 12.5. The first kappa shape index (κ1) is 44.9. The number of nitrogens with zero attached hydrogens (tertiary/aromatic N) is 9. The standard InChI is InChI=1S/C29H38N13O18P3/c30-18-1-2-40(29(45)37-18)19-5-14(60-63(51,52)53-7-16-13(58-61(46,47)48)4-20(57-16)41-10-35-22-24(31)33-9-34-25(22)41)17(56-19)8-54-62(49,50)59-12-3-21(55-15(12)6-43)42-11-36-23-26(42)38-28(32)39-27(23)44/h1-2,9-17,19-21,43H,3-8H2,(H,49,50)(H,51,52)(H2,30,37,45)(H2,31,33,34)(H2,46,47,48)(H3,32,38,39,44)/t12-,13-,14-,15+,16+,17+,19+,20+,21+/m0/s1. The average Bonchev–Trinajstić information content (AvgIpc) is 4.03. The Bertz CT molecular complexity index is 2770. The molecule has 5 aromatic rings. The lowest BCUT2D eigenvalue weighted by Crippen LogP contribution is -2.31. The number of ether oxygens (including phenoxy) is 3. The molecule has 11 atom stereocenters. The average molecular weight is 950 g/mol. The number of anilines is 3. The van der Waals surface area contributed by atoms with Crippen molar-refractivity contribution in [2.75, 3.05) is 37.0 Å². The van der Waals surface area contributed by atoms with Gasteiger partial charge in [-0.05, 0) is 6.07 Å². The number of aromatic amines is 1. The van der Waals surface area contributed by atoms with Gasteiger partial charge in [0.1, 0.15) is 73.0 Å². The van der Waals surface area contributed by atoms with Crippen molar-refractivity contribution in [1.82, 2.24) is 48.6 Å². The number of phosphoric acid groups is 3. The third-order valence-electron chi connectivity index (χ3n) is 9.96. The molecule has 3 fully saturated rings. The molecule has 3 saturated heterocycles. The summed E-state index contributed by atoms with van der Waals surface area (Å²) >= 11 is 0. The van der Waals surface area contributed by atoms with Gasteiger partial charge in [0.15, 0.2) is 22.6 Å². The zero-order valence-corrected chi connectivity index (χ0v) is 34.7. The van der Waals surface area contributed by atoms with Gasteiger partial charge >= 0.3 is 29.2 Å². The van der Waals surface area contributed by atoms with Gasteiger partial charge in [-0.2, -0.15) is 9.97 Å². The van der Waals surface area contributed by atoms with Gasteiger partial charge < -0.3 is 56.1 Å². The molecule has 0 saturated carbocycles. The molecule has 0 aliphatic carbocycles. The number of nitrogen functional groups attached to an aromatic ring is 3. The van der Waals surface area contributed by atoms with Crippen LogP contribution >= 0.6 is 23.5 Å². The number of aliphatic hydroxyl groups excluding tert-OH is 1. The Morgan fingerprint density at radius 3 is 1.84 bits per heavy atom. The molecule has 0 aromatic carbocycles. The molecule has 63 heavy (non-hydrogen) atoms. The molecule has 2 unspecified atom stereocenters. The summed E-state index contributed by atoms with van der Waals surface area (Å²) in [6.45, 7) is -2.40. The predicted octanol–water partition coefficient (Wildman–Crippen LogP) is -1.70. The van der Waals surface area contributed by atoms with Crippen LogP contribution < -0.4 is 28.5 Å². The summed E-state index contributed by atoms with van der Waals surface area (Å²) in [6.07, 6.45) is -7.53. The topological polar surface area (TPSA) is 446 Å². The minimum Gasteiger partial charge on any atom is -0.394 e. The number of aromatic nitrogens is 10. The number of H-pyrrole nitrogens is 1. The van der Waals surface area contributed by atoms with Crippen molar-refractivity contribution in [3.63, 3.8) is 0 Å². The Morgan fingerprint density at radius 1 is 0.714 bits per heavy atom. The van der Waals surface area contributed by atoms with Crippen LogP contribution in [-0.4, -0.2) is 130 Å². The number of aliphatic hydroxyl groups is 1. The molecule has 342 valence electrons. The smallest absolute Gasteiger partial charge is 0.394 e. The zero-order chi connectivity index (χ0) is 45.0. The number of hydrogen-bond acceptors (Lipinski definition) is 23. The maximum atomic E-state index is 13.5. The van der Waals surface area contributed by atoms with E-state index in [0.717, 1.165) is 10.9 Å². The predicted molar refractivity (Wildman–Crippen MR) is 206 cm³/mol. The molecule has 5 aromatic heterocycles. The first-order valence-electron chi connectivity index (χ1n) is 18.4. The first-order chi connectivity index (χ1) is 29.8. The number of rotatable bonds is 16. The molecule has 8 rings (SSSR count). The molecule has 8 heterocycles. The van der Waals surface area contributed by atoms with Crippen molar-refractivity contribution in [1.29, 1.82) is 0 Å². The highest BCUT2D eigenvalue weighted by Crippen LogP contribution is 2.52. The SMILES string of the molecule is Nc1ccn([C@H]2C[C@H](OP(=O)(O)OC[C@H]3O[C@@H](n4cnc5c(N)ncnc54)C[C@@H]3OP(=O)(O)O)[C@@H](COP(=O)(O)O[C@H]3C[C@H](n4cnc5c(=O)[nH]c(N)nc54)O[C@@H]3CO)O2)c(=O)n1. The van der Waals surface area contributed by atoms with Crippen molar-refractivity contribution in [3.8, 4) is 0 Å². The summed E-state index contributed by atoms with van der Waals surface area (Å²) in [4.78, 5) is 92.1. The van der Waals surface area contributed by atoms with Gasteiger partial charge in [0.2, 0.25) is 5.95 Å². The van der Waals surface area contributed by atoms with E-state index < -0.39 is 110 Å². The van der Waals surface area contributed by atoms with Crippen LogP contribution in [0.3, 0.4) is 0 Å². The zero-order valence-electron chi connectivity index (χ0n) is 32.0. The van der Waals surface area contributed by atoms with E-state index in [1.807, 2.05) is 0 Å². The van der Waals surface area contributed by atoms with Crippen LogP contribution in [0.25, 0.3) is 22.3 Å². The van der Waals surface area contributed by atoms with E-state index in [-0.39, 0.29) is 59.2 Å². The lowest BCUT2D eigenvalue weighted by molar-refractivity contribution is -0.0607. The number of nitrogens with one attached hydrogen (secondary N) is 1. The quantitative estimate of drug-likeness (QED) is 0.0498. The summed E-state index contributed by atoms with van der Waals surface area (Å²) in [6, 6.07) is 1.27. The summed E-state index contributed by atoms with van der Waals surface area (Å²) in [5.74, 6) is -0.295. The van der Waals surface area contributed by atoms with E-state index in [4.69, 9.17) is 54.0 Å². The number of phosphoric ester groups is 3. The van der Waals surface area contributed by atoms with Crippen LogP contribution in [0.4, 0.5) is 17.6 Å². The van der Waals surface area contributed by atoms with Gasteiger partial charge in [-0.1, -0.05) is 0 Å². The Morgan fingerprint density at radius 2 is 1.25 bits per heavy atom. The summed E-state index contributed by atoms with van der Waals surface area (Å²) in [5, 5.41) is 10.0. The van der Waals surface area contributed by atoms with Gasteiger partial charge in [0.25, 0.3) is 5.56 Å². The van der Waals surface area contributed by atoms with E-state index >= 15 is 0 Å². The fourth-order valence-corrected chi connectivity index (χ4v) is 9.70. The molecule has 0 radical (unpaired) electrons. The molecular formula is C29H38N13O18P3. The fraction of sp³-hybridized carbons (Fsp3) is 0.517. The molecule has 31 nitrogen and oxygen atoms in total. The minimum atomic E-state index is -5.22. The van der Waals surface area contributed by atoms with Crippen LogP contribution in [-0.2, 0) is 50.5 Å². The monoisotopic (exact) mass is 949 g/mol. The van der Waals surface area contributed by atoms with Crippen molar-refractivity contribution in [3.05, 3.63) is 52.1 Å². The minimum absolute atomic E-state index is 0.0283. The molecule has 12 N–H and O–H groups in total. The molecular weight excluding hydrogens is 911 g/mol. The van der Waals surface area contributed by atoms with E-state index in [0.29, 0.717) is 0 Å². The largest absolute Gasteiger partial charge is 0.472 e. The number of hydrogen-bond donors (Lipinski definition) is 9. The number of imidazole rings is 2. The van der Waals surface area contributed by atoms with Crippen molar-refractivity contribution in [2.45, 2.75) is 74.6 Å². The van der Waals surface area contributed by atoms with Crippen LogP contribution in [0.1, 0.15) is 37.9 Å². The highest BCUT2D eigenvalue weighted by atomic mass is 31.2. The van der Waals surface area contributed by atoms with Crippen LogP contribution in [0.2, 0.25) is 0 Å². The van der Waals surface area contributed by atoms with Gasteiger partial charge in [-0.25, -0.2) is 38.4 Å². The Kier molecular flexibility index (Phi) is 12.4. The van der Waals surface area contributed by atoms with Gasteiger partial charge in [0.05, 0.1) is 32.5 Å². The van der Waals surface area contributed by atoms with Gasteiger partial charge in [0, 0.05) is 25.5 Å². The Labute approximate surface area is 350 Å². The molecule has 34 heteroatoms. The Balaban J connectivity index is 0.953. The summed E-state index contributed by atoms with van der Waals surface area (Å²) in [7, 11) is -15.5. The Hall–Kier alpha value is -4.65. The van der Waals surface area contributed by atoms with E-state index in [1.54, 1.807) is 0 Å². The summed E-state index contributed by atoms with van der Waals surface area (Å²) < 4.78 is 86.3. The lowest BCUT2D eigenvalue weighted by Gasteiger charge is -2.24. The lowest BCUT2D eigenvalue weighted by atomic mass is 10.2.